The third-order valence-electron chi connectivity index (χ3n) is 2.84. The van der Waals surface area contributed by atoms with Crippen molar-refractivity contribution in [2.45, 2.75) is 31.1 Å². The van der Waals surface area contributed by atoms with Crippen LogP contribution >= 0.6 is 11.8 Å². The Hall–Kier alpha value is -2.03. The van der Waals surface area contributed by atoms with Crippen LogP contribution in [-0.2, 0) is 11.0 Å². The molecule has 9 heteroatoms. The molecule has 0 bridgehead atoms. The lowest BCUT2D eigenvalue weighted by atomic mass is 10.3. The fraction of sp³-hybridized carbons (Fsp3) is 0.357. The first-order valence-corrected chi connectivity index (χ1v) is 7.75. The van der Waals surface area contributed by atoms with Crippen LogP contribution in [0.1, 0.15) is 25.5 Å². The van der Waals surface area contributed by atoms with Crippen LogP contribution in [0.15, 0.2) is 35.6 Å². The predicted molar refractivity (Wildman–Crippen MR) is 81.2 cm³/mol. The van der Waals surface area contributed by atoms with E-state index in [0.29, 0.717) is 10.8 Å². The van der Waals surface area contributed by atoms with Crippen LogP contribution in [0, 0.1) is 0 Å². The summed E-state index contributed by atoms with van der Waals surface area (Å²) in [6.45, 7) is 3.87. The highest BCUT2D eigenvalue weighted by Gasteiger charge is 2.30. The molecule has 0 saturated heterocycles. The minimum atomic E-state index is -4.41. The van der Waals surface area contributed by atoms with Crippen molar-refractivity contribution in [1.29, 1.82) is 0 Å². The Labute approximate surface area is 135 Å². The molecule has 0 atom stereocenters. The molecule has 0 aliphatic carbocycles. The summed E-state index contributed by atoms with van der Waals surface area (Å²) >= 11 is 1.06. The van der Waals surface area contributed by atoms with E-state index in [9.17, 15) is 18.0 Å². The van der Waals surface area contributed by atoms with Gasteiger partial charge in [0.15, 0.2) is 0 Å². The van der Waals surface area contributed by atoms with Gasteiger partial charge in [-0.3, -0.25) is 4.79 Å². The van der Waals surface area contributed by atoms with Gasteiger partial charge < -0.3 is 5.32 Å². The molecule has 0 aromatic carbocycles. The van der Waals surface area contributed by atoms with Gasteiger partial charge in [-0.15, -0.1) is 0 Å². The molecule has 1 amide bonds. The molecule has 0 aliphatic heterocycles. The predicted octanol–water partition coefficient (Wildman–Crippen LogP) is 3.61. The van der Waals surface area contributed by atoms with Crippen LogP contribution in [0.5, 0.6) is 0 Å². The van der Waals surface area contributed by atoms with Crippen molar-refractivity contribution in [3.8, 4) is 0 Å². The minimum Gasteiger partial charge on any atom is -0.310 e. The van der Waals surface area contributed by atoms with Gasteiger partial charge in [0.05, 0.1) is 22.5 Å². The number of carbonyl (C=O) groups is 1. The second kappa shape index (κ2) is 7.03. The molecule has 124 valence electrons. The van der Waals surface area contributed by atoms with E-state index in [1.54, 1.807) is 16.9 Å². The van der Waals surface area contributed by atoms with Gasteiger partial charge in [-0.1, -0.05) is 11.8 Å². The number of aromatic nitrogens is 3. The van der Waals surface area contributed by atoms with Crippen LogP contribution in [0.2, 0.25) is 0 Å². The summed E-state index contributed by atoms with van der Waals surface area (Å²) in [5.74, 6) is 0.340. The summed E-state index contributed by atoms with van der Waals surface area (Å²) in [5.41, 5.74) is -0.813. The standard InChI is InChI=1S/C14H15F3N4OS/c1-9(2)21-11(5-6-19-21)20-12(22)8-23-13-4-3-10(7-18-13)14(15,16)17/h3-7,9H,8H2,1-2H3,(H,20,22). The Kier molecular flexibility index (Phi) is 5.30. The lowest BCUT2D eigenvalue weighted by Gasteiger charge is -2.11. The molecule has 0 unspecified atom stereocenters. The maximum atomic E-state index is 12.4. The molecule has 5 nitrogen and oxygen atoms in total. The summed E-state index contributed by atoms with van der Waals surface area (Å²) in [7, 11) is 0. The van der Waals surface area contributed by atoms with E-state index < -0.39 is 11.7 Å². The van der Waals surface area contributed by atoms with Crippen LogP contribution in [-0.4, -0.2) is 26.4 Å². The molecule has 23 heavy (non-hydrogen) atoms. The second-order valence-electron chi connectivity index (χ2n) is 4.97. The highest BCUT2D eigenvalue weighted by Crippen LogP contribution is 2.29. The van der Waals surface area contributed by atoms with E-state index in [1.165, 1.54) is 6.07 Å². The van der Waals surface area contributed by atoms with Gasteiger partial charge in [-0.25, -0.2) is 9.67 Å². The van der Waals surface area contributed by atoms with Crippen molar-refractivity contribution in [1.82, 2.24) is 14.8 Å². The summed E-state index contributed by atoms with van der Waals surface area (Å²) in [5, 5.41) is 7.16. The maximum Gasteiger partial charge on any atom is 0.417 e. The molecular weight excluding hydrogens is 329 g/mol. The minimum absolute atomic E-state index is 0.0433. The van der Waals surface area contributed by atoms with Crippen molar-refractivity contribution >= 4 is 23.5 Å². The first-order valence-electron chi connectivity index (χ1n) is 6.77. The lowest BCUT2D eigenvalue weighted by molar-refractivity contribution is -0.137. The van der Waals surface area contributed by atoms with Gasteiger partial charge in [-0.2, -0.15) is 18.3 Å². The molecule has 2 aromatic heterocycles. The van der Waals surface area contributed by atoms with Crippen molar-refractivity contribution in [3.63, 3.8) is 0 Å². The van der Waals surface area contributed by atoms with E-state index in [-0.39, 0.29) is 17.7 Å². The molecule has 2 rings (SSSR count). The van der Waals surface area contributed by atoms with Crippen molar-refractivity contribution < 1.29 is 18.0 Å². The van der Waals surface area contributed by atoms with Crippen molar-refractivity contribution in [2.75, 3.05) is 11.1 Å². The van der Waals surface area contributed by atoms with Crippen molar-refractivity contribution in [2.24, 2.45) is 0 Å². The molecule has 2 heterocycles. The van der Waals surface area contributed by atoms with E-state index in [2.05, 4.69) is 15.4 Å². The Bertz CT molecular complexity index is 667. The van der Waals surface area contributed by atoms with Crippen LogP contribution in [0.3, 0.4) is 0 Å². The smallest absolute Gasteiger partial charge is 0.310 e. The molecule has 0 radical (unpaired) electrons. The molecule has 1 N–H and O–H groups in total. The van der Waals surface area contributed by atoms with Crippen LogP contribution in [0.25, 0.3) is 0 Å². The SMILES string of the molecule is CC(C)n1nccc1NC(=O)CSc1ccc(C(F)(F)F)cn1. The van der Waals surface area contributed by atoms with Gasteiger partial charge in [-0.05, 0) is 26.0 Å². The van der Waals surface area contributed by atoms with E-state index >= 15 is 0 Å². The number of hydrogen-bond donors (Lipinski definition) is 1. The summed E-state index contributed by atoms with van der Waals surface area (Å²) < 4.78 is 39.0. The summed E-state index contributed by atoms with van der Waals surface area (Å²) in [4.78, 5) is 15.6. The average Bonchev–Trinajstić information content (AvgIpc) is 2.93. The fourth-order valence-electron chi connectivity index (χ4n) is 1.78. The molecule has 0 fully saturated rings. The number of halogens is 3. The largest absolute Gasteiger partial charge is 0.417 e. The van der Waals surface area contributed by atoms with Gasteiger partial charge in [0, 0.05) is 18.3 Å². The number of hydrogen-bond acceptors (Lipinski definition) is 4. The Balaban J connectivity index is 1.90. The molecule has 0 spiro atoms. The van der Waals surface area contributed by atoms with Gasteiger partial charge in [0.1, 0.15) is 5.82 Å². The number of amides is 1. The first kappa shape index (κ1) is 17.3. The molecule has 2 aromatic rings. The van der Waals surface area contributed by atoms with Gasteiger partial charge in [0.2, 0.25) is 5.91 Å². The summed E-state index contributed by atoms with van der Waals surface area (Å²) in [6.07, 6.45) is -2.07. The highest BCUT2D eigenvalue weighted by molar-refractivity contribution is 7.99. The van der Waals surface area contributed by atoms with E-state index in [4.69, 9.17) is 0 Å². The zero-order valence-corrected chi connectivity index (χ0v) is 13.3. The number of alkyl halides is 3. The Morgan fingerprint density at radius 1 is 1.35 bits per heavy atom. The molecule has 0 aliphatic rings. The number of rotatable bonds is 5. The normalized spacial score (nSPS) is 11.7. The maximum absolute atomic E-state index is 12.4. The summed E-state index contributed by atoms with van der Waals surface area (Å²) in [6, 6.07) is 3.98. The number of anilines is 1. The second-order valence-corrected chi connectivity index (χ2v) is 5.97. The quantitative estimate of drug-likeness (QED) is 0.842. The lowest BCUT2D eigenvalue weighted by Crippen LogP contribution is -2.18. The van der Waals surface area contributed by atoms with Gasteiger partial charge >= 0.3 is 6.18 Å². The van der Waals surface area contributed by atoms with Crippen LogP contribution in [0.4, 0.5) is 19.0 Å². The number of pyridine rings is 1. The molecule has 0 saturated carbocycles. The number of thioether (sulfide) groups is 1. The number of nitrogens with one attached hydrogen (secondary N) is 1. The Morgan fingerprint density at radius 3 is 2.65 bits per heavy atom. The number of carbonyl (C=O) groups excluding carboxylic acids is 1. The third-order valence-corrected chi connectivity index (χ3v) is 3.79. The topological polar surface area (TPSA) is 59.8 Å². The van der Waals surface area contributed by atoms with E-state index in [0.717, 1.165) is 24.0 Å². The zero-order chi connectivity index (χ0) is 17.0. The van der Waals surface area contributed by atoms with E-state index in [1.807, 2.05) is 13.8 Å². The van der Waals surface area contributed by atoms with Crippen molar-refractivity contribution in [3.05, 3.63) is 36.2 Å². The first-order chi connectivity index (χ1) is 10.8. The fourth-order valence-corrected chi connectivity index (χ4v) is 2.42. The third kappa shape index (κ3) is 4.72. The highest BCUT2D eigenvalue weighted by atomic mass is 32.2. The van der Waals surface area contributed by atoms with Gasteiger partial charge in [0.25, 0.3) is 0 Å². The Morgan fingerprint density at radius 2 is 2.09 bits per heavy atom. The average molecular weight is 344 g/mol. The monoisotopic (exact) mass is 344 g/mol. The van der Waals surface area contributed by atoms with Crippen LogP contribution < -0.4 is 5.32 Å². The number of nitrogens with zero attached hydrogens (tertiary/aromatic N) is 3. The molecular formula is C14H15F3N4OS. The zero-order valence-electron chi connectivity index (χ0n) is 12.5.